The maximum atomic E-state index is 12.7. The molecule has 0 aromatic rings. The molecule has 0 aromatic carbocycles. The first-order chi connectivity index (χ1) is 21.1. The van der Waals surface area contributed by atoms with Gasteiger partial charge in [0.05, 0.1) is 12.8 Å². The van der Waals surface area contributed by atoms with E-state index in [1.165, 1.54) is 0 Å². The van der Waals surface area contributed by atoms with Crippen LogP contribution in [0.1, 0.15) is 12.8 Å². The first-order valence-corrected chi connectivity index (χ1v) is 10.5. The second kappa shape index (κ2) is 13.4. The highest BCUT2D eigenvalue weighted by atomic mass is 19.5. The molecule has 4 nitrogen and oxygen atoms in total. The summed E-state index contributed by atoms with van der Waals surface area (Å²) in [5.74, 6) is -72.1. The van der Waals surface area contributed by atoms with Crippen molar-refractivity contribution in [3.05, 3.63) is 0 Å². The van der Waals surface area contributed by atoms with Gasteiger partial charge in [0.15, 0.2) is 0 Å². The molecule has 0 aromatic heterocycles. The van der Waals surface area contributed by atoms with E-state index in [-0.39, 0.29) is 0 Å². The Morgan fingerprint density at radius 2 is 0.340 bits per heavy atom. The van der Waals surface area contributed by atoms with Gasteiger partial charge in [0, 0.05) is 0 Å². The van der Waals surface area contributed by atoms with E-state index in [1.807, 2.05) is 0 Å². The minimum absolute atomic E-state index is 3.45. The first kappa shape index (κ1) is 48.8. The Morgan fingerprint density at radius 1 is 0.240 bits per heavy atom. The zero-order valence-electron chi connectivity index (χ0n) is 21.6. The summed E-state index contributed by atoms with van der Waals surface area (Å²) in [7, 11) is 0. The Kier molecular flexibility index (Phi) is 13.1. The van der Waals surface area contributed by atoms with Crippen molar-refractivity contribution in [3.63, 3.8) is 0 Å². The van der Waals surface area contributed by atoms with Crippen molar-refractivity contribution < 1.29 is 142 Å². The molecular formula is C18H4F28O4. The van der Waals surface area contributed by atoms with E-state index in [2.05, 4.69) is 0 Å². The molecule has 0 saturated carbocycles. The van der Waals surface area contributed by atoms with Crippen molar-refractivity contribution in [1.82, 2.24) is 0 Å². The topological polar surface area (TPSA) is 68.3 Å². The van der Waals surface area contributed by atoms with E-state index >= 15 is 0 Å². The summed E-state index contributed by atoms with van der Waals surface area (Å²) in [5.41, 5.74) is 0. The Hall–Kier alpha value is -3.28. The maximum Gasteiger partial charge on any atom is 0.460 e. The molecule has 0 saturated heterocycles. The number of carbonyl (C=O) groups is 4. The van der Waals surface area contributed by atoms with Gasteiger partial charge < -0.3 is 0 Å². The van der Waals surface area contributed by atoms with Crippen LogP contribution in [0.4, 0.5) is 123 Å². The normalized spacial score (nSPS) is 15.3. The fourth-order valence-electron chi connectivity index (χ4n) is 2.15. The molecule has 32 heteroatoms. The SMILES string of the molecule is O=C(CC(=O)C(F)(F)C(F)(F)C(F)(F)F)C(F)(F)C(F)(F)C(F)(F)F.O=C(CC(=O)C(F)(F)C(F)(F)C(F)(F)F)C(F)(F)C(F)(F)C(F)(F)F. The standard InChI is InChI=1S/2C9H2F14O2/c2*10-4(11,6(14,15)8(18,19)20)2(24)1-3(25)5(12,13)7(16,17)9(21,22)23/h2*1H2. The summed E-state index contributed by atoms with van der Waals surface area (Å²) in [6, 6.07) is 0. The molecule has 0 aliphatic carbocycles. The van der Waals surface area contributed by atoms with Gasteiger partial charge in [-0.1, -0.05) is 0 Å². The van der Waals surface area contributed by atoms with Crippen molar-refractivity contribution in [1.29, 1.82) is 0 Å². The van der Waals surface area contributed by atoms with Crippen LogP contribution in [-0.2, 0) is 19.2 Å². The van der Waals surface area contributed by atoms with Crippen LogP contribution in [0.3, 0.4) is 0 Å². The zero-order valence-corrected chi connectivity index (χ0v) is 21.6. The van der Waals surface area contributed by atoms with Crippen molar-refractivity contribution in [2.75, 3.05) is 0 Å². The summed E-state index contributed by atoms with van der Waals surface area (Å²) >= 11 is 0. The maximum absolute atomic E-state index is 12.7. The molecule has 0 aliphatic rings. The number of carbonyl (C=O) groups excluding carboxylic acids is 4. The first-order valence-electron chi connectivity index (χ1n) is 10.5. The lowest BCUT2D eigenvalue weighted by molar-refractivity contribution is -0.346. The fourth-order valence-corrected chi connectivity index (χ4v) is 2.15. The van der Waals surface area contributed by atoms with Crippen LogP contribution in [0.2, 0.25) is 0 Å². The molecule has 296 valence electrons. The van der Waals surface area contributed by atoms with E-state index in [9.17, 15) is 142 Å². The third-order valence-corrected chi connectivity index (χ3v) is 5.04. The van der Waals surface area contributed by atoms with Gasteiger partial charge in [0.1, 0.15) is 0 Å². The van der Waals surface area contributed by atoms with Gasteiger partial charge in [-0.3, -0.25) is 19.2 Å². The highest BCUT2D eigenvalue weighted by Gasteiger charge is 2.80. The average Bonchev–Trinajstić information content (AvgIpc) is 2.85. The van der Waals surface area contributed by atoms with Gasteiger partial charge in [-0.2, -0.15) is 123 Å². The Balaban J connectivity index is 0. The summed E-state index contributed by atoms with van der Waals surface area (Å²) in [6.07, 6.45) is -35.4. The van der Waals surface area contributed by atoms with E-state index in [1.54, 1.807) is 0 Å². The molecule has 0 fully saturated rings. The van der Waals surface area contributed by atoms with Crippen LogP contribution >= 0.6 is 0 Å². The van der Waals surface area contributed by atoms with Crippen LogP contribution in [0, 0.1) is 0 Å². The van der Waals surface area contributed by atoms with Crippen LogP contribution in [0.15, 0.2) is 0 Å². The summed E-state index contributed by atoms with van der Waals surface area (Å²) in [4.78, 5) is 42.3. The number of hydrogen-bond acceptors (Lipinski definition) is 4. The van der Waals surface area contributed by atoms with Gasteiger partial charge in [-0.25, -0.2) is 0 Å². The lowest BCUT2D eigenvalue weighted by atomic mass is 9.97. The van der Waals surface area contributed by atoms with E-state index in [0.717, 1.165) is 0 Å². The van der Waals surface area contributed by atoms with Crippen LogP contribution in [-0.4, -0.2) is 95.2 Å². The summed E-state index contributed by atoms with van der Waals surface area (Å²) in [6.45, 7) is 0. The number of halogens is 28. The van der Waals surface area contributed by atoms with Gasteiger partial charge >= 0.3 is 72.1 Å². The van der Waals surface area contributed by atoms with Crippen LogP contribution in [0.25, 0.3) is 0 Å². The lowest BCUT2D eigenvalue weighted by Crippen LogP contribution is -2.59. The molecular weight excluding hydrogens is 812 g/mol. The molecule has 0 radical (unpaired) electrons. The van der Waals surface area contributed by atoms with E-state index in [4.69, 9.17) is 0 Å². The summed E-state index contributed by atoms with van der Waals surface area (Å²) < 4.78 is 342. The van der Waals surface area contributed by atoms with E-state index < -0.39 is 108 Å². The smallest absolute Gasteiger partial charge is 0.292 e. The molecule has 50 heavy (non-hydrogen) atoms. The minimum atomic E-state index is -7.21. The minimum Gasteiger partial charge on any atom is -0.292 e. The van der Waals surface area contributed by atoms with Crippen molar-refractivity contribution >= 4 is 23.1 Å². The monoisotopic (exact) mass is 816 g/mol. The Bertz CT molecular complexity index is 1080. The van der Waals surface area contributed by atoms with E-state index in [0.29, 0.717) is 0 Å². The van der Waals surface area contributed by atoms with Crippen LogP contribution in [0.5, 0.6) is 0 Å². The molecule has 0 spiro atoms. The highest BCUT2D eigenvalue weighted by Crippen LogP contribution is 2.52. The zero-order chi connectivity index (χ0) is 41.7. The summed E-state index contributed by atoms with van der Waals surface area (Å²) in [5, 5.41) is 0. The van der Waals surface area contributed by atoms with Gasteiger partial charge in [0.25, 0.3) is 0 Å². The predicted molar refractivity (Wildman–Crippen MR) is 93.1 cm³/mol. The van der Waals surface area contributed by atoms with Crippen molar-refractivity contribution in [2.24, 2.45) is 0 Å². The molecule has 0 amide bonds. The van der Waals surface area contributed by atoms with Crippen molar-refractivity contribution in [2.45, 2.75) is 84.9 Å². The third kappa shape index (κ3) is 8.43. The number of alkyl halides is 28. The Morgan fingerprint density at radius 3 is 0.420 bits per heavy atom. The molecule has 0 aliphatic heterocycles. The van der Waals surface area contributed by atoms with Gasteiger partial charge in [-0.15, -0.1) is 0 Å². The molecule has 0 N–H and O–H groups in total. The molecule has 0 unspecified atom stereocenters. The second-order valence-corrected chi connectivity index (χ2v) is 8.63. The molecule has 0 rings (SSSR count). The average molecular weight is 816 g/mol. The molecule has 0 atom stereocenters. The fraction of sp³-hybridized carbons (Fsp3) is 0.778. The number of rotatable bonds is 12. The number of Topliss-reactive ketones (excluding diaryl/α,β-unsaturated/α-hetero) is 4. The Labute approximate surface area is 251 Å². The van der Waals surface area contributed by atoms with Crippen LogP contribution < -0.4 is 0 Å². The highest BCUT2D eigenvalue weighted by molar-refractivity contribution is 6.06. The molecule has 0 heterocycles. The predicted octanol–water partition coefficient (Wildman–Crippen LogP) is 8.36. The number of ketones is 4. The quantitative estimate of drug-likeness (QED) is 0.147. The number of hydrogen-bond donors (Lipinski definition) is 0. The lowest BCUT2D eigenvalue weighted by Gasteiger charge is -2.29. The molecule has 0 bridgehead atoms. The van der Waals surface area contributed by atoms with Gasteiger partial charge in [-0.05, 0) is 0 Å². The largest absolute Gasteiger partial charge is 0.460 e. The van der Waals surface area contributed by atoms with Gasteiger partial charge in [0.2, 0.25) is 23.1 Å². The van der Waals surface area contributed by atoms with Crippen molar-refractivity contribution in [3.8, 4) is 0 Å². The second-order valence-electron chi connectivity index (χ2n) is 8.63. The third-order valence-electron chi connectivity index (χ3n) is 5.04.